The number of hydrogen-bond donors (Lipinski definition) is 3. The van der Waals surface area contributed by atoms with Gasteiger partial charge in [-0.2, -0.15) is 4.98 Å². The summed E-state index contributed by atoms with van der Waals surface area (Å²) in [6.07, 6.45) is -0.164. The zero-order chi connectivity index (χ0) is 21.7. The first-order chi connectivity index (χ1) is 14.7. The van der Waals surface area contributed by atoms with Gasteiger partial charge in [-0.05, 0) is 38.5 Å². The Morgan fingerprint density at radius 2 is 2.06 bits per heavy atom. The maximum absolute atomic E-state index is 10.4. The molecule has 6 rings (SSSR count). The number of fused-ring (bicyclic) bond motifs is 1. The van der Waals surface area contributed by atoms with Gasteiger partial charge < -0.3 is 25.6 Å². The minimum Gasteiger partial charge on any atom is -0.390 e. The van der Waals surface area contributed by atoms with Crippen LogP contribution in [0.1, 0.15) is 20.3 Å². The van der Waals surface area contributed by atoms with Crippen LogP contribution in [0.15, 0.2) is 18.2 Å². The van der Waals surface area contributed by atoms with Crippen molar-refractivity contribution >= 4 is 56.5 Å². The Bertz CT molecular complexity index is 1240. The van der Waals surface area contributed by atoms with Crippen LogP contribution in [0.25, 0.3) is 20.8 Å². The number of aromatic nitrogens is 3. The van der Waals surface area contributed by atoms with Crippen LogP contribution >= 0.6 is 34.5 Å². The van der Waals surface area contributed by atoms with Crippen molar-refractivity contribution in [1.82, 2.24) is 15.0 Å². The third-order valence-corrected chi connectivity index (χ3v) is 7.78. The molecule has 1 spiro atoms. The molecule has 3 heterocycles. The van der Waals surface area contributed by atoms with Crippen molar-refractivity contribution in [2.24, 2.45) is 5.92 Å². The monoisotopic (exact) mass is 479 g/mol. The van der Waals surface area contributed by atoms with E-state index in [1.54, 1.807) is 6.07 Å². The summed E-state index contributed by atoms with van der Waals surface area (Å²) in [6, 6.07) is 5.38. The summed E-state index contributed by atoms with van der Waals surface area (Å²) in [6.45, 7) is 3.72. The average molecular weight is 480 g/mol. The van der Waals surface area contributed by atoms with Crippen molar-refractivity contribution < 1.29 is 14.6 Å². The molecule has 3 fully saturated rings. The van der Waals surface area contributed by atoms with Gasteiger partial charge in [0, 0.05) is 10.9 Å². The molecule has 3 aliphatic rings. The number of halogens is 2. The van der Waals surface area contributed by atoms with Crippen LogP contribution in [-0.2, 0) is 9.47 Å². The van der Waals surface area contributed by atoms with Gasteiger partial charge in [0.25, 0.3) is 0 Å². The number of nitrogen functional groups attached to an aromatic ring is 1. The van der Waals surface area contributed by atoms with Gasteiger partial charge in [-0.1, -0.05) is 23.2 Å². The number of anilines is 2. The van der Waals surface area contributed by atoms with Gasteiger partial charge >= 0.3 is 0 Å². The minimum absolute atomic E-state index is 0.0134. The van der Waals surface area contributed by atoms with E-state index in [1.165, 1.54) is 11.3 Å². The molecule has 2 aromatic heterocycles. The highest BCUT2D eigenvalue weighted by Crippen LogP contribution is 2.65. The number of rotatable bonds is 3. The second kappa shape index (κ2) is 6.40. The molecule has 0 bridgehead atoms. The first-order valence-corrected chi connectivity index (χ1v) is 11.5. The number of hydrogen-bond acceptors (Lipinski definition) is 9. The van der Waals surface area contributed by atoms with Crippen molar-refractivity contribution in [3.8, 4) is 10.6 Å². The first kappa shape index (κ1) is 19.9. The largest absolute Gasteiger partial charge is 0.390 e. The van der Waals surface area contributed by atoms with Crippen molar-refractivity contribution in [3.05, 3.63) is 28.4 Å². The predicted octanol–water partition coefficient (Wildman–Crippen LogP) is 3.71. The van der Waals surface area contributed by atoms with Crippen molar-refractivity contribution in [3.63, 3.8) is 0 Å². The lowest BCUT2D eigenvalue weighted by molar-refractivity contribution is -0.157. The Balaban J connectivity index is 1.39. The van der Waals surface area contributed by atoms with E-state index in [4.69, 9.17) is 43.4 Å². The molecule has 1 aliphatic heterocycles. The molecule has 0 amide bonds. The molecular weight excluding hydrogens is 461 g/mol. The van der Waals surface area contributed by atoms with E-state index >= 15 is 0 Å². The van der Waals surface area contributed by atoms with Crippen LogP contribution in [0.3, 0.4) is 0 Å². The van der Waals surface area contributed by atoms with Crippen LogP contribution in [-0.4, -0.2) is 49.7 Å². The zero-order valence-corrected chi connectivity index (χ0v) is 18.9. The molecule has 2 saturated carbocycles. The summed E-state index contributed by atoms with van der Waals surface area (Å²) < 4.78 is 13.2. The van der Waals surface area contributed by atoms with Crippen LogP contribution < -0.4 is 11.1 Å². The molecule has 2 aliphatic carbocycles. The van der Waals surface area contributed by atoms with Crippen LogP contribution in [0.2, 0.25) is 10.2 Å². The number of nitrogens with zero attached hydrogens (tertiary/aromatic N) is 3. The van der Waals surface area contributed by atoms with E-state index in [2.05, 4.69) is 15.3 Å². The summed E-state index contributed by atoms with van der Waals surface area (Å²) >= 11 is 14.1. The Hall–Kier alpha value is -1.75. The standard InChI is InChI=1S/C20H19Cl2N5O3S/c1-19(2)29-14-10(6-8-13(28)20(8,14)30-19)24-16-12(15(22)26-18(23)27-16)17-25-9-4-3-7(21)5-11(9)31-17/h3-5,8,10,13-14,28H,6H2,1-2H3,(H3,23,24,26,27)/t8-,10-,13?,14+,20+/m1/s1. The molecule has 4 N–H and O–H groups in total. The first-order valence-electron chi connectivity index (χ1n) is 9.90. The molecule has 11 heteroatoms. The lowest BCUT2D eigenvalue weighted by Crippen LogP contribution is -2.40. The summed E-state index contributed by atoms with van der Waals surface area (Å²) in [5.41, 5.74) is 6.61. The Kier molecular flexibility index (Phi) is 4.11. The zero-order valence-electron chi connectivity index (χ0n) is 16.6. The van der Waals surface area contributed by atoms with E-state index in [1.807, 2.05) is 26.0 Å². The smallest absolute Gasteiger partial charge is 0.223 e. The molecule has 31 heavy (non-hydrogen) atoms. The Morgan fingerprint density at radius 3 is 2.87 bits per heavy atom. The molecule has 1 unspecified atom stereocenters. The van der Waals surface area contributed by atoms with E-state index in [0.29, 0.717) is 27.8 Å². The van der Waals surface area contributed by atoms with Gasteiger partial charge in [-0.15, -0.1) is 11.3 Å². The fourth-order valence-corrected chi connectivity index (χ4v) is 6.63. The second-order valence-electron chi connectivity index (χ2n) is 8.66. The summed E-state index contributed by atoms with van der Waals surface area (Å²) in [4.78, 5) is 13.2. The number of aliphatic hydroxyl groups excluding tert-OH is 1. The third-order valence-electron chi connectivity index (χ3n) is 6.23. The fraction of sp³-hybridized carbons (Fsp3) is 0.450. The van der Waals surface area contributed by atoms with Crippen molar-refractivity contribution in [1.29, 1.82) is 0 Å². The molecule has 1 aromatic carbocycles. The van der Waals surface area contributed by atoms with Crippen LogP contribution in [0.5, 0.6) is 0 Å². The lowest BCUT2D eigenvalue weighted by atomic mass is 10.1. The van der Waals surface area contributed by atoms with Crippen LogP contribution in [0, 0.1) is 5.92 Å². The summed E-state index contributed by atoms with van der Waals surface area (Å²) in [5, 5.41) is 15.4. The number of nitrogens with one attached hydrogen (secondary N) is 1. The molecule has 3 aromatic rings. The molecule has 8 nitrogen and oxygen atoms in total. The maximum Gasteiger partial charge on any atom is 0.223 e. The van der Waals surface area contributed by atoms with E-state index < -0.39 is 17.5 Å². The summed E-state index contributed by atoms with van der Waals surface area (Å²) in [5.74, 6) is -0.216. The number of thiazole rings is 1. The lowest BCUT2D eigenvalue weighted by Gasteiger charge is -2.25. The molecular formula is C20H19Cl2N5O3S. The highest BCUT2D eigenvalue weighted by molar-refractivity contribution is 7.21. The third kappa shape index (κ3) is 2.88. The Labute approximate surface area is 191 Å². The SMILES string of the molecule is CC1(C)O[C@H]2[C@H](Nc3nc(N)nc(Cl)c3-c3nc4ccc(Cl)cc4s3)C[C@@H]3C(O)[C@@]32O1. The Morgan fingerprint density at radius 1 is 1.26 bits per heavy atom. The van der Waals surface area contributed by atoms with Crippen molar-refractivity contribution in [2.45, 2.75) is 49.9 Å². The highest BCUT2D eigenvalue weighted by atomic mass is 35.5. The minimum atomic E-state index is -0.766. The second-order valence-corrected chi connectivity index (χ2v) is 10.5. The summed E-state index contributed by atoms with van der Waals surface area (Å²) in [7, 11) is 0. The van der Waals surface area contributed by atoms with Gasteiger partial charge in [-0.3, -0.25) is 0 Å². The number of benzene rings is 1. The van der Waals surface area contributed by atoms with Gasteiger partial charge in [0.1, 0.15) is 27.7 Å². The van der Waals surface area contributed by atoms with E-state index in [-0.39, 0.29) is 29.2 Å². The number of ether oxygens (including phenoxy) is 2. The number of aliphatic hydroxyl groups is 1. The molecule has 1 saturated heterocycles. The van der Waals surface area contributed by atoms with E-state index in [9.17, 15) is 5.11 Å². The topological polar surface area (TPSA) is 115 Å². The average Bonchev–Trinajstić information content (AvgIpc) is 3.02. The maximum atomic E-state index is 10.4. The van der Waals surface area contributed by atoms with Gasteiger partial charge in [0.2, 0.25) is 5.95 Å². The molecule has 0 radical (unpaired) electrons. The van der Waals surface area contributed by atoms with Crippen LogP contribution in [0.4, 0.5) is 11.8 Å². The quantitative estimate of drug-likeness (QED) is 0.486. The van der Waals surface area contributed by atoms with E-state index in [0.717, 1.165) is 10.2 Å². The highest BCUT2D eigenvalue weighted by Gasteiger charge is 2.81. The predicted molar refractivity (Wildman–Crippen MR) is 119 cm³/mol. The molecule has 5 atom stereocenters. The normalized spacial score (nSPS) is 32.8. The van der Waals surface area contributed by atoms with Crippen molar-refractivity contribution in [2.75, 3.05) is 11.1 Å². The van der Waals surface area contributed by atoms with Gasteiger partial charge in [-0.25, -0.2) is 9.97 Å². The number of nitrogens with two attached hydrogens (primary N) is 1. The molecule has 162 valence electrons. The van der Waals surface area contributed by atoms with Gasteiger partial charge in [0.15, 0.2) is 5.79 Å². The van der Waals surface area contributed by atoms with Gasteiger partial charge in [0.05, 0.1) is 27.9 Å². The fourth-order valence-electron chi connectivity index (χ4n) is 5.02.